The number of nitrogens with zero attached hydrogens (tertiary/aromatic N) is 2. The van der Waals surface area contributed by atoms with E-state index < -0.39 is 0 Å². The Morgan fingerprint density at radius 3 is 2.68 bits per heavy atom. The van der Waals surface area contributed by atoms with Crippen LogP contribution >= 0.6 is 0 Å². The van der Waals surface area contributed by atoms with Gasteiger partial charge in [0.2, 0.25) is 0 Å². The summed E-state index contributed by atoms with van der Waals surface area (Å²) in [7, 11) is 0. The van der Waals surface area contributed by atoms with Crippen molar-refractivity contribution in [1.82, 2.24) is 9.88 Å². The monoisotopic (exact) mass is 297 g/mol. The molecule has 1 fully saturated rings. The minimum Gasteiger partial charge on any atom is -0.383 e. The molecule has 0 unspecified atom stereocenters. The highest BCUT2D eigenvalue weighted by Crippen LogP contribution is 2.22. The Bertz CT molecular complexity index is 582. The van der Waals surface area contributed by atoms with Crippen molar-refractivity contribution < 1.29 is 4.74 Å². The zero-order chi connectivity index (χ0) is 15.2. The quantitative estimate of drug-likeness (QED) is 0.921. The van der Waals surface area contributed by atoms with E-state index in [9.17, 15) is 0 Å². The molecule has 22 heavy (non-hydrogen) atoms. The summed E-state index contributed by atoms with van der Waals surface area (Å²) in [6, 6.07) is 15.2. The average Bonchev–Trinajstić information content (AvgIpc) is 2.57. The summed E-state index contributed by atoms with van der Waals surface area (Å²) in [6.45, 7) is 6.50. The molecule has 0 bridgehead atoms. The van der Waals surface area contributed by atoms with Crippen LogP contribution in [0.1, 0.15) is 17.3 Å². The second kappa shape index (κ2) is 7.38. The number of aromatic nitrogens is 1. The molecule has 2 heterocycles. The molecule has 4 nitrogen and oxygen atoms in total. The number of ether oxygens (including phenoxy) is 1. The van der Waals surface area contributed by atoms with Crippen LogP contribution in [0.15, 0.2) is 48.7 Å². The minimum absolute atomic E-state index is 0.360. The van der Waals surface area contributed by atoms with Crippen LogP contribution < -0.4 is 5.32 Å². The number of benzene rings is 1. The van der Waals surface area contributed by atoms with Crippen molar-refractivity contribution >= 4 is 5.69 Å². The highest BCUT2D eigenvalue weighted by molar-refractivity contribution is 5.43. The standard InChI is InChI=1S/C18H23N3O/c1-15-13-17(7-8-19-15)20-14-18(16-5-3-2-4-6-16)21-9-11-22-12-10-21/h2-8,13,18H,9-12,14H2,1H3,(H,19,20)/t18-/m1/s1. The van der Waals surface area contributed by atoms with E-state index in [1.165, 1.54) is 5.56 Å². The fourth-order valence-corrected chi connectivity index (χ4v) is 2.89. The molecule has 4 heteroatoms. The van der Waals surface area contributed by atoms with Crippen molar-refractivity contribution in [1.29, 1.82) is 0 Å². The molecule has 1 aliphatic heterocycles. The van der Waals surface area contributed by atoms with E-state index in [-0.39, 0.29) is 0 Å². The maximum atomic E-state index is 5.49. The topological polar surface area (TPSA) is 37.4 Å². The van der Waals surface area contributed by atoms with Crippen molar-refractivity contribution in [2.45, 2.75) is 13.0 Å². The Kier molecular flexibility index (Phi) is 5.03. The normalized spacial score (nSPS) is 17.1. The molecule has 0 spiro atoms. The summed E-state index contributed by atoms with van der Waals surface area (Å²) in [5.74, 6) is 0. The van der Waals surface area contributed by atoms with Crippen molar-refractivity contribution in [2.75, 3.05) is 38.2 Å². The van der Waals surface area contributed by atoms with Crippen molar-refractivity contribution in [3.05, 3.63) is 59.9 Å². The van der Waals surface area contributed by atoms with Crippen LogP contribution in [0.2, 0.25) is 0 Å². The molecule has 2 aromatic rings. The van der Waals surface area contributed by atoms with Gasteiger partial charge in [0.05, 0.1) is 19.3 Å². The first-order chi connectivity index (χ1) is 10.8. The first kappa shape index (κ1) is 15.0. The first-order valence-electron chi connectivity index (χ1n) is 7.86. The lowest BCUT2D eigenvalue weighted by Gasteiger charge is -2.35. The second-order valence-corrected chi connectivity index (χ2v) is 5.64. The molecule has 1 aliphatic rings. The van der Waals surface area contributed by atoms with E-state index in [4.69, 9.17) is 4.74 Å². The maximum absolute atomic E-state index is 5.49. The smallest absolute Gasteiger partial charge is 0.0594 e. The van der Waals surface area contributed by atoms with Gasteiger partial charge in [-0.1, -0.05) is 30.3 Å². The molecule has 1 aromatic heterocycles. The average molecular weight is 297 g/mol. The predicted octanol–water partition coefficient (Wildman–Crippen LogP) is 2.88. The van der Waals surface area contributed by atoms with Gasteiger partial charge in [-0.15, -0.1) is 0 Å². The van der Waals surface area contributed by atoms with Gasteiger partial charge in [0.15, 0.2) is 0 Å². The zero-order valence-electron chi connectivity index (χ0n) is 13.0. The Morgan fingerprint density at radius 1 is 1.18 bits per heavy atom. The molecule has 0 aliphatic carbocycles. The van der Waals surface area contributed by atoms with E-state index in [1.54, 1.807) is 0 Å². The molecule has 1 atom stereocenters. The van der Waals surface area contributed by atoms with Crippen LogP contribution in [0.5, 0.6) is 0 Å². The Balaban J connectivity index is 1.73. The van der Waals surface area contributed by atoms with Gasteiger partial charge in [0, 0.05) is 37.2 Å². The van der Waals surface area contributed by atoms with Gasteiger partial charge < -0.3 is 10.1 Å². The highest BCUT2D eigenvalue weighted by atomic mass is 16.5. The number of hydrogen-bond donors (Lipinski definition) is 1. The molecule has 3 rings (SSSR count). The third-order valence-electron chi connectivity index (χ3n) is 4.07. The number of nitrogens with one attached hydrogen (secondary N) is 1. The summed E-state index contributed by atoms with van der Waals surface area (Å²) in [5, 5.41) is 3.56. The van der Waals surface area contributed by atoms with Gasteiger partial charge in [0.1, 0.15) is 0 Å². The summed E-state index contributed by atoms with van der Waals surface area (Å²) in [5.41, 5.74) is 3.51. The Morgan fingerprint density at radius 2 is 1.95 bits per heavy atom. The molecule has 0 saturated carbocycles. The van der Waals surface area contributed by atoms with Gasteiger partial charge in [0.25, 0.3) is 0 Å². The predicted molar refractivity (Wildman–Crippen MR) is 89.0 cm³/mol. The summed E-state index contributed by atoms with van der Waals surface area (Å²) in [6.07, 6.45) is 1.85. The molecule has 1 aromatic carbocycles. The number of morpholine rings is 1. The van der Waals surface area contributed by atoms with Crippen LogP contribution in [-0.2, 0) is 4.74 Å². The van der Waals surface area contributed by atoms with Crippen LogP contribution in [0, 0.1) is 6.92 Å². The summed E-state index contributed by atoms with van der Waals surface area (Å²) < 4.78 is 5.49. The zero-order valence-corrected chi connectivity index (χ0v) is 13.0. The highest BCUT2D eigenvalue weighted by Gasteiger charge is 2.22. The van der Waals surface area contributed by atoms with E-state index in [0.717, 1.165) is 44.2 Å². The largest absolute Gasteiger partial charge is 0.383 e. The maximum Gasteiger partial charge on any atom is 0.0594 e. The van der Waals surface area contributed by atoms with Crippen LogP contribution in [-0.4, -0.2) is 42.7 Å². The van der Waals surface area contributed by atoms with E-state index in [2.05, 4.69) is 51.6 Å². The minimum atomic E-state index is 0.360. The molecule has 116 valence electrons. The number of aryl methyl sites for hydroxylation is 1. The Hall–Kier alpha value is -1.91. The molecular formula is C18H23N3O. The number of hydrogen-bond acceptors (Lipinski definition) is 4. The molecule has 1 saturated heterocycles. The summed E-state index contributed by atoms with van der Waals surface area (Å²) in [4.78, 5) is 6.75. The number of anilines is 1. The number of rotatable bonds is 5. The van der Waals surface area contributed by atoms with Gasteiger partial charge in [-0.25, -0.2) is 0 Å². The van der Waals surface area contributed by atoms with Crippen molar-refractivity contribution in [2.24, 2.45) is 0 Å². The lowest BCUT2D eigenvalue weighted by Crippen LogP contribution is -2.41. The lowest BCUT2D eigenvalue weighted by atomic mass is 10.0. The van der Waals surface area contributed by atoms with Crippen molar-refractivity contribution in [3.8, 4) is 0 Å². The molecule has 1 N–H and O–H groups in total. The molecule has 0 amide bonds. The Labute approximate surface area is 132 Å². The van der Waals surface area contributed by atoms with Gasteiger partial charge >= 0.3 is 0 Å². The van der Waals surface area contributed by atoms with E-state index in [0.29, 0.717) is 6.04 Å². The van der Waals surface area contributed by atoms with Crippen LogP contribution in [0.4, 0.5) is 5.69 Å². The van der Waals surface area contributed by atoms with Gasteiger partial charge in [-0.3, -0.25) is 9.88 Å². The third-order valence-corrected chi connectivity index (χ3v) is 4.07. The van der Waals surface area contributed by atoms with Crippen molar-refractivity contribution in [3.63, 3.8) is 0 Å². The second-order valence-electron chi connectivity index (χ2n) is 5.64. The van der Waals surface area contributed by atoms with Gasteiger partial charge in [-0.05, 0) is 24.6 Å². The fourth-order valence-electron chi connectivity index (χ4n) is 2.89. The summed E-state index contributed by atoms with van der Waals surface area (Å²) >= 11 is 0. The third kappa shape index (κ3) is 3.84. The molecule has 0 radical (unpaired) electrons. The van der Waals surface area contributed by atoms with Crippen LogP contribution in [0.3, 0.4) is 0 Å². The van der Waals surface area contributed by atoms with E-state index in [1.807, 2.05) is 19.2 Å². The first-order valence-corrected chi connectivity index (χ1v) is 7.86. The lowest BCUT2D eigenvalue weighted by molar-refractivity contribution is 0.0187. The van der Waals surface area contributed by atoms with Crippen LogP contribution in [0.25, 0.3) is 0 Å². The van der Waals surface area contributed by atoms with Gasteiger partial charge in [-0.2, -0.15) is 0 Å². The molecular weight excluding hydrogens is 274 g/mol. The fraction of sp³-hybridized carbons (Fsp3) is 0.389. The SMILES string of the molecule is Cc1cc(NC[C@H](c2ccccc2)N2CCOCC2)ccn1. The number of pyridine rings is 1. The van der Waals surface area contributed by atoms with E-state index >= 15 is 0 Å².